The Bertz CT molecular complexity index is 137. The van der Waals surface area contributed by atoms with E-state index in [1.54, 1.807) is 6.92 Å². The molecule has 0 aromatic rings. The van der Waals surface area contributed by atoms with Gasteiger partial charge >= 0.3 is 29.0 Å². The number of unbranched alkanes of at least 4 members (excludes halogenated alkanes) is 4. The minimum atomic E-state index is -0.252. The van der Waals surface area contributed by atoms with Gasteiger partial charge in [0.05, 0.1) is 6.61 Å². The maximum Gasteiger partial charge on any atom is 2.00 e. The SMILES string of the molecule is CCCCCCCC(=O)OOCC.[H-].[H-].[Mg+2]. The van der Waals surface area contributed by atoms with Gasteiger partial charge in [0.2, 0.25) is 0 Å². The van der Waals surface area contributed by atoms with Crippen molar-refractivity contribution in [1.82, 2.24) is 0 Å². The average Bonchev–Trinajstić information content (AvgIpc) is 2.14. The Morgan fingerprint density at radius 3 is 2.36 bits per heavy atom. The summed E-state index contributed by atoms with van der Waals surface area (Å²) in [6.45, 7) is 4.37. The Balaban J connectivity index is -0.000000240. The number of carbonyl (C=O) groups excluding carboxylic acids is 1. The molecule has 0 saturated heterocycles. The summed E-state index contributed by atoms with van der Waals surface area (Å²) in [4.78, 5) is 19.9. The van der Waals surface area contributed by atoms with E-state index in [1.807, 2.05) is 0 Å². The summed E-state index contributed by atoms with van der Waals surface area (Å²) in [6, 6.07) is 0. The summed E-state index contributed by atoms with van der Waals surface area (Å²) in [5.41, 5.74) is 0. The summed E-state index contributed by atoms with van der Waals surface area (Å²) < 4.78 is 0. The van der Waals surface area contributed by atoms with Crippen LogP contribution >= 0.6 is 0 Å². The first kappa shape index (κ1) is 16.6. The third-order valence-corrected chi connectivity index (χ3v) is 1.75. The second-order valence-electron chi connectivity index (χ2n) is 3.03. The number of hydrogen-bond acceptors (Lipinski definition) is 3. The van der Waals surface area contributed by atoms with Crippen LogP contribution < -0.4 is 0 Å². The Morgan fingerprint density at radius 1 is 1.14 bits per heavy atom. The molecule has 0 N–H and O–H groups in total. The molecule has 0 radical (unpaired) electrons. The fourth-order valence-electron chi connectivity index (χ4n) is 1.04. The first-order valence-corrected chi connectivity index (χ1v) is 5.13. The Morgan fingerprint density at radius 2 is 1.79 bits per heavy atom. The second-order valence-corrected chi connectivity index (χ2v) is 3.03. The monoisotopic (exact) mass is 214 g/mol. The van der Waals surface area contributed by atoms with Crippen molar-refractivity contribution < 1.29 is 17.4 Å². The maximum absolute atomic E-state index is 10.9. The molecule has 0 rings (SSSR count). The fourth-order valence-corrected chi connectivity index (χ4v) is 1.04. The third-order valence-electron chi connectivity index (χ3n) is 1.75. The molecular weight excluding hydrogens is 192 g/mol. The van der Waals surface area contributed by atoms with Gasteiger partial charge in [-0.05, 0) is 13.3 Å². The van der Waals surface area contributed by atoms with Crippen LogP contribution in [0.25, 0.3) is 0 Å². The standard InChI is InChI=1S/C10H20O3.Mg.2H/c1-3-5-6-7-8-9-10(11)13-12-4-2;;;/h3-9H2,1-2H3;;;/q;+2;2*-1. The average molecular weight is 215 g/mol. The topological polar surface area (TPSA) is 35.5 Å². The van der Waals surface area contributed by atoms with Gasteiger partial charge in [0, 0.05) is 6.42 Å². The van der Waals surface area contributed by atoms with E-state index in [2.05, 4.69) is 16.7 Å². The van der Waals surface area contributed by atoms with Crippen LogP contribution in [0.3, 0.4) is 0 Å². The van der Waals surface area contributed by atoms with E-state index < -0.39 is 0 Å². The summed E-state index contributed by atoms with van der Waals surface area (Å²) >= 11 is 0. The zero-order chi connectivity index (χ0) is 9.94. The summed E-state index contributed by atoms with van der Waals surface area (Å²) in [6.07, 6.45) is 6.17. The molecule has 0 unspecified atom stereocenters. The minimum absolute atomic E-state index is 0. The molecule has 0 amide bonds. The van der Waals surface area contributed by atoms with Crippen LogP contribution in [0, 0.1) is 0 Å². The molecular formula is C10H22MgO3. The van der Waals surface area contributed by atoms with Crippen molar-refractivity contribution in [3.63, 3.8) is 0 Å². The first-order chi connectivity index (χ1) is 6.31. The Hall–Kier alpha value is 0.196. The molecule has 3 nitrogen and oxygen atoms in total. The van der Waals surface area contributed by atoms with Crippen molar-refractivity contribution in [3.05, 3.63) is 0 Å². The van der Waals surface area contributed by atoms with Gasteiger partial charge in [-0.25, -0.2) is 4.79 Å². The first-order valence-electron chi connectivity index (χ1n) is 5.13. The minimum Gasteiger partial charge on any atom is -1.00 e. The number of rotatable bonds is 8. The zero-order valence-corrected chi connectivity index (χ0v) is 10.8. The van der Waals surface area contributed by atoms with E-state index in [9.17, 15) is 4.79 Å². The Labute approximate surface area is 106 Å². The molecule has 0 aliphatic carbocycles. The molecule has 82 valence electrons. The van der Waals surface area contributed by atoms with Crippen LogP contribution in [-0.4, -0.2) is 35.6 Å². The molecule has 0 aromatic carbocycles. The molecule has 0 aliphatic heterocycles. The summed E-state index contributed by atoms with van der Waals surface area (Å²) in [5, 5.41) is 0. The van der Waals surface area contributed by atoms with Gasteiger partial charge < -0.3 is 2.85 Å². The van der Waals surface area contributed by atoms with Crippen molar-refractivity contribution in [2.24, 2.45) is 0 Å². The molecule has 0 aromatic heterocycles. The van der Waals surface area contributed by atoms with Gasteiger partial charge in [-0.1, -0.05) is 32.6 Å². The van der Waals surface area contributed by atoms with Gasteiger partial charge in [-0.2, -0.15) is 4.89 Å². The fraction of sp³-hybridized carbons (Fsp3) is 0.900. The molecule has 0 bridgehead atoms. The van der Waals surface area contributed by atoms with Crippen LogP contribution in [0.15, 0.2) is 0 Å². The van der Waals surface area contributed by atoms with Gasteiger partial charge in [-0.3, -0.25) is 4.89 Å². The smallest absolute Gasteiger partial charge is 1.00 e. The van der Waals surface area contributed by atoms with Gasteiger partial charge in [-0.15, -0.1) is 0 Å². The van der Waals surface area contributed by atoms with Crippen LogP contribution in [0.5, 0.6) is 0 Å². The van der Waals surface area contributed by atoms with Gasteiger partial charge in [0.1, 0.15) is 0 Å². The van der Waals surface area contributed by atoms with Gasteiger partial charge in [0.15, 0.2) is 0 Å². The van der Waals surface area contributed by atoms with Crippen LogP contribution in [0.2, 0.25) is 0 Å². The van der Waals surface area contributed by atoms with Crippen molar-refractivity contribution in [3.8, 4) is 0 Å². The van der Waals surface area contributed by atoms with Crippen molar-refractivity contribution in [1.29, 1.82) is 0 Å². The predicted octanol–water partition coefficient (Wildman–Crippen LogP) is 2.69. The zero-order valence-electron chi connectivity index (χ0n) is 11.4. The van der Waals surface area contributed by atoms with Gasteiger partial charge in [0.25, 0.3) is 0 Å². The molecule has 4 heteroatoms. The molecule has 0 atom stereocenters. The largest absolute Gasteiger partial charge is 2.00 e. The van der Waals surface area contributed by atoms with E-state index in [-0.39, 0.29) is 31.9 Å². The van der Waals surface area contributed by atoms with Crippen molar-refractivity contribution in [2.75, 3.05) is 6.61 Å². The van der Waals surface area contributed by atoms with E-state index >= 15 is 0 Å². The maximum atomic E-state index is 10.9. The van der Waals surface area contributed by atoms with Crippen LogP contribution in [0.1, 0.15) is 55.2 Å². The molecule has 14 heavy (non-hydrogen) atoms. The van der Waals surface area contributed by atoms with Crippen LogP contribution in [0.4, 0.5) is 0 Å². The normalized spacial score (nSPS) is 9.29. The molecule has 0 aliphatic rings. The third kappa shape index (κ3) is 12.2. The number of hydrogen-bond donors (Lipinski definition) is 0. The molecule has 0 heterocycles. The molecule has 0 fully saturated rings. The van der Waals surface area contributed by atoms with Crippen molar-refractivity contribution >= 4 is 29.0 Å². The van der Waals surface area contributed by atoms with E-state index in [1.165, 1.54) is 19.3 Å². The second kappa shape index (κ2) is 13.2. The van der Waals surface area contributed by atoms with Crippen LogP contribution in [-0.2, 0) is 14.6 Å². The van der Waals surface area contributed by atoms with E-state index in [4.69, 9.17) is 0 Å². The summed E-state index contributed by atoms with van der Waals surface area (Å²) in [5.74, 6) is -0.252. The Kier molecular flexibility index (Phi) is 15.7. The van der Waals surface area contributed by atoms with E-state index in [0.29, 0.717) is 13.0 Å². The number of carbonyl (C=O) groups is 1. The molecule has 0 spiro atoms. The quantitative estimate of drug-likeness (QED) is 0.270. The van der Waals surface area contributed by atoms with E-state index in [0.717, 1.165) is 12.8 Å². The van der Waals surface area contributed by atoms with Crippen molar-refractivity contribution in [2.45, 2.75) is 52.4 Å². The molecule has 0 saturated carbocycles. The summed E-state index contributed by atoms with van der Waals surface area (Å²) in [7, 11) is 0. The predicted molar refractivity (Wildman–Crippen MR) is 59.1 cm³/mol.